The van der Waals surface area contributed by atoms with Gasteiger partial charge in [-0.15, -0.1) is 0 Å². The average molecular weight is 355 g/mol. The second-order valence-electron chi connectivity index (χ2n) is 4.61. The lowest BCUT2D eigenvalue weighted by molar-refractivity contribution is 0.414. The lowest BCUT2D eigenvalue weighted by atomic mass is 10.1. The van der Waals surface area contributed by atoms with Crippen molar-refractivity contribution in [2.24, 2.45) is 0 Å². The smallest absolute Gasteiger partial charge is 0.170 e. The van der Waals surface area contributed by atoms with Gasteiger partial charge >= 0.3 is 0 Å². The number of anilines is 1. The summed E-state index contributed by atoms with van der Waals surface area (Å²) >= 11 is 17.1. The standard InChI is InChI=1S/C16H16Cl2N2OS/c1-21-13-4-2-3-11(9-13)7-8-19-16(22)20-12-5-6-14(17)15(18)10-12/h2-6,9-10H,7-8H2,1H3,(H2,19,20,22). The molecule has 0 saturated heterocycles. The summed E-state index contributed by atoms with van der Waals surface area (Å²) in [5.41, 5.74) is 1.98. The molecule has 2 rings (SSSR count). The van der Waals surface area contributed by atoms with Gasteiger partial charge in [-0.1, -0.05) is 35.3 Å². The van der Waals surface area contributed by atoms with Crippen LogP contribution in [0.3, 0.4) is 0 Å². The first-order valence-electron chi connectivity index (χ1n) is 6.71. The van der Waals surface area contributed by atoms with Crippen LogP contribution in [0.5, 0.6) is 5.75 Å². The van der Waals surface area contributed by atoms with Crippen LogP contribution in [0.2, 0.25) is 10.0 Å². The van der Waals surface area contributed by atoms with Crippen LogP contribution in [0.25, 0.3) is 0 Å². The van der Waals surface area contributed by atoms with Crippen molar-refractivity contribution in [3.63, 3.8) is 0 Å². The van der Waals surface area contributed by atoms with Gasteiger partial charge in [-0.25, -0.2) is 0 Å². The second kappa shape index (κ2) is 8.22. The molecule has 0 amide bonds. The molecule has 0 atom stereocenters. The highest BCUT2D eigenvalue weighted by Gasteiger charge is 2.02. The van der Waals surface area contributed by atoms with E-state index in [1.807, 2.05) is 24.3 Å². The zero-order valence-electron chi connectivity index (χ0n) is 12.0. The minimum atomic E-state index is 0.492. The molecule has 0 spiro atoms. The molecule has 0 bridgehead atoms. The van der Waals surface area contributed by atoms with Crippen molar-refractivity contribution in [1.29, 1.82) is 0 Å². The zero-order chi connectivity index (χ0) is 15.9. The van der Waals surface area contributed by atoms with E-state index in [0.29, 0.717) is 15.2 Å². The Labute approximate surface area is 145 Å². The van der Waals surface area contributed by atoms with E-state index in [9.17, 15) is 0 Å². The van der Waals surface area contributed by atoms with Crippen LogP contribution in [0.15, 0.2) is 42.5 Å². The molecular formula is C16H16Cl2N2OS. The van der Waals surface area contributed by atoms with Crippen LogP contribution in [0, 0.1) is 0 Å². The Balaban J connectivity index is 1.81. The molecule has 6 heteroatoms. The normalized spacial score (nSPS) is 10.1. The lowest BCUT2D eigenvalue weighted by Crippen LogP contribution is -2.30. The minimum Gasteiger partial charge on any atom is -0.497 e. The van der Waals surface area contributed by atoms with E-state index in [1.165, 1.54) is 5.56 Å². The summed E-state index contributed by atoms with van der Waals surface area (Å²) in [6.07, 6.45) is 0.848. The van der Waals surface area contributed by atoms with E-state index in [4.69, 9.17) is 40.2 Å². The Hall–Kier alpha value is -1.49. The van der Waals surface area contributed by atoms with Gasteiger partial charge < -0.3 is 15.4 Å². The predicted octanol–water partition coefficient (Wildman–Crippen LogP) is 4.53. The maximum atomic E-state index is 5.96. The topological polar surface area (TPSA) is 33.3 Å². The van der Waals surface area contributed by atoms with Crippen LogP contribution in [0.1, 0.15) is 5.56 Å². The van der Waals surface area contributed by atoms with Crippen LogP contribution in [0.4, 0.5) is 5.69 Å². The molecule has 0 aliphatic heterocycles. The predicted molar refractivity (Wildman–Crippen MR) is 97.4 cm³/mol. The first-order chi connectivity index (χ1) is 10.6. The fourth-order valence-electron chi connectivity index (χ4n) is 1.90. The molecule has 0 aliphatic carbocycles. The number of hydrogen-bond donors (Lipinski definition) is 2. The number of nitrogens with one attached hydrogen (secondary N) is 2. The van der Waals surface area contributed by atoms with Gasteiger partial charge in [0, 0.05) is 12.2 Å². The largest absolute Gasteiger partial charge is 0.497 e. The van der Waals surface area contributed by atoms with Gasteiger partial charge in [0.1, 0.15) is 5.75 Å². The molecule has 116 valence electrons. The summed E-state index contributed by atoms with van der Waals surface area (Å²) in [7, 11) is 1.66. The number of benzene rings is 2. The Bertz CT molecular complexity index is 664. The Kier molecular flexibility index (Phi) is 6.31. The maximum absolute atomic E-state index is 5.96. The minimum absolute atomic E-state index is 0.492. The number of rotatable bonds is 5. The second-order valence-corrected chi connectivity index (χ2v) is 5.83. The molecular weight excluding hydrogens is 339 g/mol. The zero-order valence-corrected chi connectivity index (χ0v) is 14.4. The third-order valence-electron chi connectivity index (χ3n) is 3.01. The SMILES string of the molecule is COc1cccc(CCNC(=S)Nc2ccc(Cl)c(Cl)c2)c1. The summed E-state index contributed by atoms with van der Waals surface area (Å²) < 4.78 is 5.20. The number of thiocarbonyl (C=S) groups is 1. The Morgan fingerprint density at radius 1 is 1.14 bits per heavy atom. The van der Waals surface area contributed by atoms with E-state index in [2.05, 4.69) is 16.7 Å². The van der Waals surface area contributed by atoms with Gasteiger partial charge in [0.2, 0.25) is 0 Å². The van der Waals surface area contributed by atoms with E-state index in [0.717, 1.165) is 24.4 Å². The van der Waals surface area contributed by atoms with Crippen LogP contribution in [-0.2, 0) is 6.42 Å². The molecule has 0 aliphatic rings. The summed E-state index contributed by atoms with van der Waals surface area (Å²) in [5.74, 6) is 0.856. The molecule has 2 aromatic rings. The fraction of sp³-hybridized carbons (Fsp3) is 0.188. The third-order valence-corrected chi connectivity index (χ3v) is 4.00. The van der Waals surface area contributed by atoms with E-state index >= 15 is 0 Å². The van der Waals surface area contributed by atoms with Crippen molar-refractivity contribution in [3.05, 3.63) is 58.1 Å². The van der Waals surface area contributed by atoms with Crippen molar-refractivity contribution >= 4 is 46.2 Å². The third kappa shape index (κ3) is 5.05. The van der Waals surface area contributed by atoms with Crippen molar-refractivity contribution in [1.82, 2.24) is 5.32 Å². The molecule has 3 nitrogen and oxygen atoms in total. The molecule has 0 saturated carbocycles. The summed E-state index contributed by atoms with van der Waals surface area (Å²) in [6.45, 7) is 0.723. The summed E-state index contributed by atoms with van der Waals surface area (Å²) in [6, 6.07) is 13.2. The number of hydrogen-bond acceptors (Lipinski definition) is 2. The molecule has 0 aromatic heterocycles. The Morgan fingerprint density at radius 2 is 1.95 bits per heavy atom. The quantitative estimate of drug-likeness (QED) is 0.772. The molecule has 0 fully saturated rings. The van der Waals surface area contributed by atoms with Crippen molar-refractivity contribution in [2.75, 3.05) is 19.0 Å². The highest BCUT2D eigenvalue weighted by atomic mass is 35.5. The molecule has 0 radical (unpaired) electrons. The first-order valence-corrected chi connectivity index (χ1v) is 7.88. The highest BCUT2D eigenvalue weighted by molar-refractivity contribution is 7.80. The van der Waals surface area contributed by atoms with Crippen LogP contribution >= 0.6 is 35.4 Å². The van der Waals surface area contributed by atoms with Gasteiger partial charge in [-0.3, -0.25) is 0 Å². The highest BCUT2D eigenvalue weighted by Crippen LogP contribution is 2.24. The van der Waals surface area contributed by atoms with Crippen molar-refractivity contribution in [2.45, 2.75) is 6.42 Å². The van der Waals surface area contributed by atoms with Gasteiger partial charge in [-0.05, 0) is 54.5 Å². The van der Waals surface area contributed by atoms with E-state index in [-0.39, 0.29) is 0 Å². The van der Waals surface area contributed by atoms with Gasteiger partial charge in [0.25, 0.3) is 0 Å². The fourth-order valence-corrected chi connectivity index (χ4v) is 2.42. The number of ether oxygens (including phenoxy) is 1. The lowest BCUT2D eigenvalue weighted by Gasteiger charge is -2.11. The molecule has 2 N–H and O–H groups in total. The van der Waals surface area contributed by atoms with Gasteiger partial charge in [0.05, 0.1) is 17.2 Å². The van der Waals surface area contributed by atoms with Gasteiger partial charge in [-0.2, -0.15) is 0 Å². The average Bonchev–Trinajstić information content (AvgIpc) is 2.51. The first kappa shape index (κ1) is 16.9. The molecule has 0 unspecified atom stereocenters. The van der Waals surface area contributed by atoms with E-state index < -0.39 is 0 Å². The van der Waals surface area contributed by atoms with Crippen molar-refractivity contribution in [3.8, 4) is 5.75 Å². The van der Waals surface area contributed by atoms with Gasteiger partial charge in [0.15, 0.2) is 5.11 Å². The maximum Gasteiger partial charge on any atom is 0.170 e. The summed E-state index contributed by atoms with van der Waals surface area (Å²) in [5, 5.41) is 7.78. The summed E-state index contributed by atoms with van der Waals surface area (Å²) in [4.78, 5) is 0. The Morgan fingerprint density at radius 3 is 2.68 bits per heavy atom. The van der Waals surface area contributed by atoms with Crippen LogP contribution in [-0.4, -0.2) is 18.8 Å². The number of methoxy groups -OCH3 is 1. The molecule has 2 aromatic carbocycles. The monoisotopic (exact) mass is 354 g/mol. The van der Waals surface area contributed by atoms with Crippen molar-refractivity contribution < 1.29 is 4.74 Å². The molecule has 0 heterocycles. The number of halogens is 2. The molecule has 22 heavy (non-hydrogen) atoms. The van der Waals surface area contributed by atoms with E-state index in [1.54, 1.807) is 19.2 Å². The van der Waals surface area contributed by atoms with Crippen LogP contribution < -0.4 is 15.4 Å².